The Morgan fingerprint density at radius 2 is 1.94 bits per heavy atom. The molecule has 1 N–H and O–H groups in total. The summed E-state index contributed by atoms with van der Waals surface area (Å²) in [6.45, 7) is 3.75. The van der Waals surface area contributed by atoms with Gasteiger partial charge in [0.15, 0.2) is 0 Å². The van der Waals surface area contributed by atoms with E-state index in [0.29, 0.717) is 0 Å². The standard InChI is InChI=1S/C11H9N.C3H4N2/c1-2-9-7-8-12-11-6-4-3-5-10(9)11;1-2-4-5-3-1/h2-8H,1H2;1-3H,(H,4,5). The van der Waals surface area contributed by atoms with Crippen molar-refractivity contribution in [3.63, 3.8) is 0 Å². The molecule has 0 aliphatic carbocycles. The highest BCUT2D eigenvalue weighted by molar-refractivity contribution is 5.87. The summed E-state index contributed by atoms with van der Waals surface area (Å²) in [6, 6.07) is 11.9. The highest BCUT2D eigenvalue weighted by Crippen LogP contribution is 2.16. The molecule has 0 saturated carbocycles. The molecule has 0 atom stereocenters. The van der Waals surface area contributed by atoms with Crippen molar-refractivity contribution in [2.24, 2.45) is 0 Å². The molecule has 2 aromatic heterocycles. The van der Waals surface area contributed by atoms with E-state index in [0.717, 1.165) is 16.5 Å². The number of benzene rings is 1. The van der Waals surface area contributed by atoms with Crippen molar-refractivity contribution in [3.8, 4) is 0 Å². The molecule has 3 aromatic rings. The Labute approximate surface area is 99.8 Å². The average molecular weight is 223 g/mol. The second-order valence-corrected chi connectivity index (χ2v) is 3.39. The van der Waals surface area contributed by atoms with Crippen LogP contribution in [0.4, 0.5) is 0 Å². The molecular formula is C14H13N3. The van der Waals surface area contributed by atoms with E-state index in [1.165, 1.54) is 0 Å². The Hall–Kier alpha value is -2.42. The fraction of sp³-hybridized carbons (Fsp3) is 0. The van der Waals surface area contributed by atoms with Gasteiger partial charge in [0.25, 0.3) is 0 Å². The van der Waals surface area contributed by atoms with Crippen LogP contribution in [0.2, 0.25) is 0 Å². The number of fused-ring (bicyclic) bond motifs is 1. The number of hydrogen-bond donors (Lipinski definition) is 1. The summed E-state index contributed by atoms with van der Waals surface area (Å²) in [5.41, 5.74) is 2.16. The first kappa shape index (κ1) is 11.1. The molecule has 0 amide bonds. The summed E-state index contributed by atoms with van der Waals surface area (Å²) in [5.74, 6) is 0. The summed E-state index contributed by atoms with van der Waals surface area (Å²) < 4.78 is 0. The predicted molar refractivity (Wildman–Crippen MR) is 70.4 cm³/mol. The van der Waals surface area contributed by atoms with Gasteiger partial charge in [-0.3, -0.25) is 10.1 Å². The number of rotatable bonds is 1. The molecule has 0 spiro atoms. The third-order valence-electron chi connectivity index (χ3n) is 2.31. The number of H-pyrrole nitrogens is 1. The zero-order valence-corrected chi connectivity index (χ0v) is 9.38. The van der Waals surface area contributed by atoms with Gasteiger partial charge in [0.05, 0.1) is 5.52 Å². The minimum Gasteiger partial charge on any atom is -0.286 e. The van der Waals surface area contributed by atoms with E-state index in [-0.39, 0.29) is 0 Å². The largest absolute Gasteiger partial charge is 0.286 e. The SMILES string of the molecule is C=Cc1ccnc2ccccc12.c1cn[nH]c1. The van der Waals surface area contributed by atoms with E-state index in [4.69, 9.17) is 0 Å². The second kappa shape index (κ2) is 5.61. The molecule has 3 nitrogen and oxygen atoms in total. The summed E-state index contributed by atoms with van der Waals surface area (Å²) in [4.78, 5) is 4.24. The molecule has 0 bridgehead atoms. The first-order valence-electron chi connectivity index (χ1n) is 5.32. The summed E-state index contributed by atoms with van der Waals surface area (Å²) in [6.07, 6.45) is 7.11. The van der Waals surface area contributed by atoms with Crippen LogP contribution in [0.15, 0.2) is 61.6 Å². The van der Waals surface area contributed by atoms with Gasteiger partial charge < -0.3 is 0 Å². The van der Waals surface area contributed by atoms with Crippen molar-refractivity contribution < 1.29 is 0 Å². The number of aromatic amines is 1. The minimum atomic E-state index is 1.02. The van der Waals surface area contributed by atoms with Crippen LogP contribution in [0.3, 0.4) is 0 Å². The minimum absolute atomic E-state index is 1.02. The Morgan fingerprint density at radius 1 is 1.06 bits per heavy atom. The smallest absolute Gasteiger partial charge is 0.0707 e. The normalized spacial score (nSPS) is 9.41. The fourth-order valence-corrected chi connectivity index (χ4v) is 1.51. The van der Waals surface area contributed by atoms with E-state index in [2.05, 4.69) is 27.8 Å². The number of nitrogens with one attached hydrogen (secondary N) is 1. The first-order valence-corrected chi connectivity index (χ1v) is 5.32. The van der Waals surface area contributed by atoms with Gasteiger partial charge >= 0.3 is 0 Å². The number of aromatic nitrogens is 3. The lowest BCUT2D eigenvalue weighted by atomic mass is 10.1. The fourth-order valence-electron chi connectivity index (χ4n) is 1.51. The van der Waals surface area contributed by atoms with E-state index < -0.39 is 0 Å². The monoisotopic (exact) mass is 223 g/mol. The quantitative estimate of drug-likeness (QED) is 0.687. The third kappa shape index (κ3) is 2.78. The van der Waals surface area contributed by atoms with Crippen LogP contribution in [-0.2, 0) is 0 Å². The van der Waals surface area contributed by atoms with Crippen LogP contribution in [0.1, 0.15) is 5.56 Å². The van der Waals surface area contributed by atoms with E-state index in [1.54, 1.807) is 18.6 Å². The van der Waals surface area contributed by atoms with Crippen molar-refractivity contribution in [1.29, 1.82) is 0 Å². The van der Waals surface area contributed by atoms with Gasteiger partial charge in [-0.15, -0.1) is 0 Å². The maximum atomic E-state index is 4.24. The van der Waals surface area contributed by atoms with Crippen molar-refractivity contribution in [2.75, 3.05) is 0 Å². The molecule has 17 heavy (non-hydrogen) atoms. The number of pyridine rings is 1. The molecule has 84 valence electrons. The molecule has 0 radical (unpaired) electrons. The molecule has 0 aliphatic rings. The molecule has 2 heterocycles. The molecule has 1 aromatic carbocycles. The van der Waals surface area contributed by atoms with Crippen molar-refractivity contribution in [3.05, 3.63) is 67.1 Å². The molecule has 0 fully saturated rings. The maximum absolute atomic E-state index is 4.24. The van der Waals surface area contributed by atoms with Crippen molar-refractivity contribution in [2.45, 2.75) is 0 Å². The van der Waals surface area contributed by atoms with E-state index in [1.807, 2.05) is 36.4 Å². The van der Waals surface area contributed by atoms with E-state index in [9.17, 15) is 0 Å². The van der Waals surface area contributed by atoms with Crippen LogP contribution < -0.4 is 0 Å². The Kier molecular flexibility index (Phi) is 3.65. The van der Waals surface area contributed by atoms with Gasteiger partial charge in [0.2, 0.25) is 0 Å². The highest BCUT2D eigenvalue weighted by Gasteiger charge is 1.95. The summed E-state index contributed by atoms with van der Waals surface area (Å²) >= 11 is 0. The molecule has 0 saturated heterocycles. The van der Waals surface area contributed by atoms with Gasteiger partial charge in [-0.05, 0) is 23.8 Å². The van der Waals surface area contributed by atoms with Crippen LogP contribution in [0, 0.1) is 0 Å². The average Bonchev–Trinajstić information content (AvgIpc) is 2.97. The lowest BCUT2D eigenvalue weighted by molar-refractivity contribution is 1.09. The Balaban J connectivity index is 0.000000181. The van der Waals surface area contributed by atoms with E-state index >= 15 is 0 Å². The molecule has 3 rings (SSSR count). The maximum Gasteiger partial charge on any atom is 0.0707 e. The van der Waals surface area contributed by atoms with Crippen LogP contribution in [0.5, 0.6) is 0 Å². The van der Waals surface area contributed by atoms with Gasteiger partial charge in [0.1, 0.15) is 0 Å². The number of para-hydroxylation sites is 1. The molecular weight excluding hydrogens is 210 g/mol. The second-order valence-electron chi connectivity index (χ2n) is 3.39. The zero-order valence-electron chi connectivity index (χ0n) is 9.38. The van der Waals surface area contributed by atoms with Gasteiger partial charge in [-0.2, -0.15) is 5.10 Å². The van der Waals surface area contributed by atoms with Gasteiger partial charge in [0, 0.05) is 24.0 Å². The predicted octanol–water partition coefficient (Wildman–Crippen LogP) is 3.29. The number of nitrogens with zero attached hydrogens (tertiary/aromatic N) is 2. The van der Waals surface area contributed by atoms with Gasteiger partial charge in [-0.1, -0.05) is 30.9 Å². The van der Waals surface area contributed by atoms with Crippen LogP contribution in [-0.4, -0.2) is 15.2 Å². The number of hydrogen-bond acceptors (Lipinski definition) is 2. The highest BCUT2D eigenvalue weighted by atomic mass is 15.1. The molecule has 3 heteroatoms. The van der Waals surface area contributed by atoms with Gasteiger partial charge in [-0.25, -0.2) is 0 Å². The van der Waals surface area contributed by atoms with Crippen LogP contribution in [0.25, 0.3) is 17.0 Å². The molecule has 0 unspecified atom stereocenters. The third-order valence-corrected chi connectivity index (χ3v) is 2.31. The Morgan fingerprint density at radius 3 is 2.59 bits per heavy atom. The van der Waals surface area contributed by atoms with Crippen LogP contribution >= 0.6 is 0 Å². The Bertz CT molecular complexity index is 563. The molecule has 0 aliphatic heterocycles. The first-order chi connectivity index (χ1) is 8.42. The summed E-state index contributed by atoms with van der Waals surface area (Å²) in [7, 11) is 0. The topological polar surface area (TPSA) is 41.6 Å². The van der Waals surface area contributed by atoms with Crippen molar-refractivity contribution in [1.82, 2.24) is 15.2 Å². The lowest BCUT2D eigenvalue weighted by Crippen LogP contribution is -1.80. The summed E-state index contributed by atoms with van der Waals surface area (Å²) in [5, 5.41) is 7.37. The lowest BCUT2D eigenvalue weighted by Gasteiger charge is -1.98. The van der Waals surface area contributed by atoms with Crippen molar-refractivity contribution >= 4 is 17.0 Å². The zero-order chi connectivity index (χ0) is 11.9.